The van der Waals surface area contributed by atoms with Crippen LogP contribution in [0.4, 0.5) is 11.4 Å². The van der Waals surface area contributed by atoms with Crippen LogP contribution in [0.5, 0.6) is 17.2 Å². The van der Waals surface area contributed by atoms with Gasteiger partial charge in [-0.25, -0.2) is 8.42 Å². The maximum Gasteiger partial charge on any atom is 0.245 e. The lowest BCUT2D eigenvalue weighted by molar-refractivity contribution is -0.114. The van der Waals surface area contributed by atoms with E-state index in [-0.39, 0.29) is 5.69 Å². The van der Waals surface area contributed by atoms with Gasteiger partial charge in [0, 0.05) is 17.8 Å². The predicted octanol–water partition coefficient (Wildman–Crippen LogP) is 2.12. The van der Waals surface area contributed by atoms with E-state index in [1.54, 1.807) is 36.4 Å². The molecule has 0 saturated carbocycles. The van der Waals surface area contributed by atoms with Crippen LogP contribution >= 0.6 is 0 Å². The molecule has 0 spiro atoms. The van der Waals surface area contributed by atoms with Gasteiger partial charge in [-0.15, -0.1) is 0 Å². The van der Waals surface area contributed by atoms with Gasteiger partial charge in [-0.05, 0) is 24.3 Å². The lowest BCUT2D eigenvalue weighted by atomic mass is 10.2. The van der Waals surface area contributed by atoms with Gasteiger partial charge in [0.15, 0.2) is 11.5 Å². The minimum atomic E-state index is -3.71. The summed E-state index contributed by atoms with van der Waals surface area (Å²) in [5, 5.41) is 2.66. The molecule has 2 aromatic rings. The molecule has 0 unspecified atom stereocenters. The van der Waals surface area contributed by atoms with E-state index in [1.165, 1.54) is 27.4 Å². The van der Waals surface area contributed by atoms with Gasteiger partial charge in [0.25, 0.3) is 0 Å². The Balaban J connectivity index is 2.26. The van der Waals surface area contributed by atoms with E-state index < -0.39 is 22.5 Å². The molecular weight excluding hydrogens is 372 g/mol. The number of carbonyl (C=O) groups excluding carboxylic acids is 1. The number of hydrogen-bond acceptors (Lipinski definition) is 6. The summed E-state index contributed by atoms with van der Waals surface area (Å²) in [6, 6.07) is 11.4. The van der Waals surface area contributed by atoms with E-state index in [0.717, 1.165) is 10.6 Å². The van der Waals surface area contributed by atoms with Gasteiger partial charge in [0.2, 0.25) is 15.9 Å². The summed E-state index contributed by atoms with van der Waals surface area (Å²) in [4.78, 5) is 12.4. The summed E-state index contributed by atoms with van der Waals surface area (Å²) in [5.74, 6) is 0.892. The number of ether oxygens (including phenoxy) is 3. The van der Waals surface area contributed by atoms with Crippen LogP contribution in [0.25, 0.3) is 0 Å². The molecule has 0 fully saturated rings. The molecular formula is C18H22N2O6S. The molecule has 0 aromatic heterocycles. The second-order valence-electron chi connectivity index (χ2n) is 5.59. The van der Waals surface area contributed by atoms with Gasteiger partial charge in [0.05, 0.1) is 33.3 Å². The molecule has 0 saturated heterocycles. The molecule has 0 atom stereocenters. The minimum Gasteiger partial charge on any atom is -0.497 e. The van der Waals surface area contributed by atoms with E-state index in [4.69, 9.17) is 14.2 Å². The normalized spacial score (nSPS) is 10.8. The SMILES string of the molecule is COc1cccc(NC(=O)CN(c2ccc(OC)c(OC)c2)S(C)(=O)=O)c1. The van der Waals surface area contributed by atoms with E-state index >= 15 is 0 Å². The zero-order valence-electron chi connectivity index (χ0n) is 15.6. The number of nitrogens with one attached hydrogen (secondary N) is 1. The van der Waals surface area contributed by atoms with Crippen molar-refractivity contribution >= 4 is 27.3 Å². The minimum absolute atomic E-state index is 0.288. The Labute approximate surface area is 158 Å². The molecule has 9 heteroatoms. The fourth-order valence-corrected chi connectivity index (χ4v) is 3.26. The van der Waals surface area contributed by atoms with Gasteiger partial charge in [-0.3, -0.25) is 9.10 Å². The van der Waals surface area contributed by atoms with Crippen molar-refractivity contribution in [1.82, 2.24) is 0 Å². The highest BCUT2D eigenvalue weighted by Crippen LogP contribution is 2.32. The first-order chi connectivity index (χ1) is 12.8. The summed E-state index contributed by atoms with van der Waals surface area (Å²) in [6.45, 7) is -0.397. The highest BCUT2D eigenvalue weighted by atomic mass is 32.2. The van der Waals surface area contributed by atoms with Gasteiger partial charge >= 0.3 is 0 Å². The molecule has 27 heavy (non-hydrogen) atoms. The number of methoxy groups -OCH3 is 3. The number of amides is 1. The molecule has 0 aliphatic heterocycles. The van der Waals surface area contributed by atoms with Gasteiger partial charge in [-0.2, -0.15) is 0 Å². The standard InChI is InChI=1S/C18H22N2O6S/c1-24-15-7-5-6-13(10-15)19-18(21)12-20(27(4,22)23)14-8-9-16(25-2)17(11-14)26-3/h5-11H,12H2,1-4H3,(H,19,21). The van der Waals surface area contributed by atoms with Crippen LogP contribution < -0.4 is 23.8 Å². The zero-order valence-corrected chi connectivity index (χ0v) is 16.4. The molecule has 2 aromatic carbocycles. The van der Waals surface area contributed by atoms with Crippen molar-refractivity contribution in [2.24, 2.45) is 0 Å². The second kappa shape index (κ2) is 8.63. The largest absolute Gasteiger partial charge is 0.497 e. The van der Waals surface area contributed by atoms with Crippen molar-refractivity contribution in [1.29, 1.82) is 0 Å². The Bertz CT molecular complexity index is 914. The molecule has 2 rings (SSSR count). The average molecular weight is 394 g/mol. The van der Waals surface area contributed by atoms with E-state index in [2.05, 4.69) is 5.32 Å². The van der Waals surface area contributed by atoms with E-state index in [9.17, 15) is 13.2 Å². The Hall–Kier alpha value is -2.94. The number of carbonyl (C=O) groups is 1. The van der Waals surface area contributed by atoms with Crippen molar-refractivity contribution in [3.63, 3.8) is 0 Å². The van der Waals surface area contributed by atoms with Crippen molar-refractivity contribution in [2.45, 2.75) is 0 Å². The van der Waals surface area contributed by atoms with Crippen LogP contribution in [0.2, 0.25) is 0 Å². The monoisotopic (exact) mass is 394 g/mol. The summed E-state index contributed by atoms with van der Waals surface area (Å²) in [7, 11) is 0.732. The van der Waals surface area contributed by atoms with Crippen LogP contribution in [0.15, 0.2) is 42.5 Å². The molecule has 0 aliphatic rings. The van der Waals surface area contributed by atoms with Gasteiger partial charge < -0.3 is 19.5 Å². The summed E-state index contributed by atoms with van der Waals surface area (Å²) >= 11 is 0. The van der Waals surface area contributed by atoms with Crippen molar-refractivity contribution < 1.29 is 27.4 Å². The number of nitrogens with zero attached hydrogens (tertiary/aromatic N) is 1. The molecule has 0 aliphatic carbocycles. The fraction of sp³-hybridized carbons (Fsp3) is 0.278. The number of benzene rings is 2. The lowest BCUT2D eigenvalue weighted by Crippen LogP contribution is -2.37. The number of rotatable bonds is 8. The highest BCUT2D eigenvalue weighted by molar-refractivity contribution is 7.92. The zero-order chi connectivity index (χ0) is 20.0. The topological polar surface area (TPSA) is 94.2 Å². The quantitative estimate of drug-likeness (QED) is 0.737. The third-order valence-electron chi connectivity index (χ3n) is 3.70. The Morgan fingerprint density at radius 2 is 1.70 bits per heavy atom. The maximum absolute atomic E-state index is 12.4. The van der Waals surface area contributed by atoms with E-state index in [0.29, 0.717) is 22.9 Å². The number of anilines is 2. The molecule has 146 valence electrons. The Kier molecular flexibility index (Phi) is 6.51. The van der Waals surface area contributed by atoms with Gasteiger partial charge in [0.1, 0.15) is 12.3 Å². The van der Waals surface area contributed by atoms with Crippen LogP contribution in [0, 0.1) is 0 Å². The van der Waals surface area contributed by atoms with Crippen LogP contribution in [-0.2, 0) is 14.8 Å². The fourth-order valence-electron chi connectivity index (χ4n) is 2.41. The number of sulfonamides is 1. The summed E-state index contributed by atoms with van der Waals surface area (Å²) < 4.78 is 40.9. The number of hydrogen-bond donors (Lipinski definition) is 1. The Morgan fingerprint density at radius 1 is 1.00 bits per heavy atom. The highest BCUT2D eigenvalue weighted by Gasteiger charge is 2.22. The summed E-state index contributed by atoms with van der Waals surface area (Å²) in [5.41, 5.74) is 0.788. The molecule has 0 bridgehead atoms. The van der Waals surface area contributed by atoms with Crippen molar-refractivity contribution in [3.05, 3.63) is 42.5 Å². The lowest BCUT2D eigenvalue weighted by Gasteiger charge is -2.23. The average Bonchev–Trinajstić information content (AvgIpc) is 2.64. The molecule has 0 heterocycles. The smallest absolute Gasteiger partial charge is 0.245 e. The van der Waals surface area contributed by atoms with Gasteiger partial charge in [-0.1, -0.05) is 6.07 Å². The Morgan fingerprint density at radius 3 is 2.30 bits per heavy atom. The molecule has 1 amide bonds. The van der Waals surface area contributed by atoms with Crippen molar-refractivity contribution in [3.8, 4) is 17.2 Å². The van der Waals surface area contributed by atoms with Crippen LogP contribution in [0.3, 0.4) is 0 Å². The second-order valence-corrected chi connectivity index (χ2v) is 7.50. The van der Waals surface area contributed by atoms with E-state index in [1.807, 2.05) is 0 Å². The third kappa shape index (κ3) is 5.27. The molecule has 0 radical (unpaired) electrons. The van der Waals surface area contributed by atoms with Crippen molar-refractivity contribution in [2.75, 3.05) is 43.8 Å². The third-order valence-corrected chi connectivity index (χ3v) is 4.84. The first-order valence-corrected chi connectivity index (χ1v) is 9.77. The summed E-state index contributed by atoms with van der Waals surface area (Å²) in [6.07, 6.45) is 1.03. The maximum atomic E-state index is 12.4. The van der Waals surface area contributed by atoms with Crippen LogP contribution in [0.1, 0.15) is 0 Å². The molecule has 8 nitrogen and oxygen atoms in total. The first-order valence-electron chi connectivity index (χ1n) is 7.92. The predicted molar refractivity (Wildman–Crippen MR) is 103 cm³/mol. The first kappa shape index (κ1) is 20.4. The van der Waals surface area contributed by atoms with Crippen LogP contribution in [-0.4, -0.2) is 48.5 Å². The molecule has 1 N–H and O–H groups in total.